The largest absolute Gasteiger partial charge is 0.496 e. The number of thiophene rings is 1. The lowest BCUT2D eigenvalue weighted by molar-refractivity contribution is -0.125. The number of methoxy groups -OCH3 is 1. The van der Waals surface area contributed by atoms with Crippen molar-refractivity contribution in [3.8, 4) is 5.75 Å². The van der Waals surface area contributed by atoms with Crippen LogP contribution in [0.3, 0.4) is 0 Å². The van der Waals surface area contributed by atoms with Gasteiger partial charge in [0.2, 0.25) is 0 Å². The third kappa shape index (κ3) is 5.21. The molecule has 188 valence electrons. The maximum Gasteiger partial charge on any atom is 0.193 e. The van der Waals surface area contributed by atoms with Crippen molar-refractivity contribution in [2.24, 2.45) is 5.92 Å². The summed E-state index contributed by atoms with van der Waals surface area (Å²) in [4.78, 5) is 12.3. The first-order valence-corrected chi connectivity index (χ1v) is 14.8. The molecule has 36 heavy (non-hydrogen) atoms. The van der Waals surface area contributed by atoms with E-state index < -0.39 is 9.84 Å². The summed E-state index contributed by atoms with van der Waals surface area (Å²) in [5.74, 6) is 0.960. The molecule has 1 aliphatic carbocycles. The molecule has 9 heteroatoms. The Morgan fingerprint density at radius 2 is 1.92 bits per heavy atom. The number of benzene rings is 2. The molecule has 2 aromatic carbocycles. The van der Waals surface area contributed by atoms with Crippen LogP contribution in [0.4, 0.5) is 0 Å². The Bertz CT molecular complexity index is 1520. The van der Waals surface area contributed by atoms with Gasteiger partial charge in [0.1, 0.15) is 21.5 Å². The van der Waals surface area contributed by atoms with Crippen molar-refractivity contribution in [2.75, 3.05) is 7.11 Å². The van der Waals surface area contributed by atoms with Gasteiger partial charge in [0, 0.05) is 12.3 Å². The highest BCUT2D eigenvalue weighted by Crippen LogP contribution is 2.34. The lowest BCUT2D eigenvalue weighted by Crippen LogP contribution is -2.22. The van der Waals surface area contributed by atoms with Gasteiger partial charge in [-0.25, -0.2) is 8.42 Å². The third-order valence-corrected chi connectivity index (χ3v) is 10.2. The van der Waals surface area contributed by atoms with E-state index in [2.05, 4.69) is 6.07 Å². The Balaban J connectivity index is 1.42. The van der Waals surface area contributed by atoms with Gasteiger partial charge in [-0.3, -0.25) is 9.48 Å². The molecule has 0 N–H and O–H groups in total. The maximum absolute atomic E-state index is 13.1. The summed E-state index contributed by atoms with van der Waals surface area (Å²) in [6, 6.07) is 16.9. The molecule has 6 nitrogen and oxygen atoms in total. The Kier molecular flexibility index (Phi) is 7.19. The third-order valence-electron chi connectivity index (χ3n) is 6.76. The normalized spacial score (nSPS) is 14.2. The monoisotopic (exact) mass is 542 g/mol. The molecule has 1 aliphatic rings. The molecule has 0 bridgehead atoms. The summed E-state index contributed by atoms with van der Waals surface area (Å²) in [5, 5.41) is 5.42. The summed E-state index contributed by atoms with van der Waals surface area (Å²) >= 11 is 7.02. The molecule has 0 spiro atoms. The van der Waals surface area contributed by atoms with Crippen LogP contribution in [0, 0.1) is 5.92 Å². The van der Waals surface area contributed by atoms with Gasteiger partial charge >= 0.3 is 0 Å². The predicted octanol–water partition coefficient (Wildman–Crippen LogP) is 6.08. The van der Waals surface area contributed by atoms with Crippen molar-refractivity contribution in [1.82, 2.24) is 9.78 Å². The standard InChI is InChI=1S/C27H27ClN2O4S2/c1-34-24-10-4-9-22-27(24)21(17-36(32,33)26-14-13-25(28)35-26)29-30(22)16-19-6-2-5-18(15-19)11-12-23(31)20-7-3-8-20/h2,4-6,9-10,13-15,20H,3,7-8,11-12,16-17H2,1H3. The Hall–Kier alpha value is -2.68. The van der Waals surface area contributed by atoms with E-state index in [0.717, 1.165) is 47.2 Å². The molecule has 0 atom stereocenters. The molecule has 0 amide bonds. The second kappa shape index (κ2) is 10.4. The number of hydrogen-bond acceptors (Lipinski definition) is 6. The van der Waals surface area contributed by atoms with Crippen molar-refractivity contribution in [2.45, 2.75) is 48.6 Å². The highest BCUT2D eigenvalue weighted by molar-refractivity contribution is 7.92. The zero-order valence-electron chi connectivity index (χ0n) is 19.9. The van der Waals surface area contributed by atoms with Crippen LogP contribution in [-0.4, -0.2) is 31.1 Å². The number of Topliss-reactive ketones (excluding diaryl/α,β-unsaturated/α-hetero) is 1. The van der Waals surface area contributed by atoms with E-state index in [0.29, 0.717) is 39.9 Å². The predicted molar refractivity (Wildman–Crippen MR) is 143 cm³/mol. The fourth-order valence-corrected chi connectivity index (χ4v) is 7.49. The van der Waals surface area contributed by atoms with Crippen LogP contribution in [0.1, 0.15) is 42.5 Å². The Morgan fingerprint density at radius 1 is 1.14 bits per heavy atom. The number of halogens is 1. The van der Waals surface area contributed by atoms with E-state index in [-0.39, 0.29) is 15.9 Å². The van der Waals surface area contributed by atoms with Crippen LogP contribution in [0.15, 0.2) is 58.8 Å². The van der Waals surface area contributed by atoms with Gasteiger partial charge < -0.3 is 4.74 Å². The van der Waals surface area contributed by atoms with Crippen LogP contribution in [0.25, 0.3) is 10.9 Å². The molecular formula is C27H27ClN2O4S2. The molecule has 0 aliphatic heterocycles. The zero-order valence-corrected chi connectivity index (χ0v) is 22.3. The van der Waals surface area contributed by atoms with Gasteiger partial charge in [0.25, 0.3) is 0 Å². The van der Waals surface area contributed by atoms with Gasteiger partial charge in [-0.2, -0.15) is 5.10 Å². The lowest BCUT2D eigenvalue weighted by Gasteiger charge is -2.23. The quantitative estimate of drug-likeness (QED) is 0.242. The molecule has 1 fully saturated rings. The smallest absolute Gasteiger partial charge is 0.193 e. The molecule has 4 aromatic rings. The summed E-state index contributed by atoms with van der Waals surface area (Å²) in [6.45, 7) is 0.471. The van der Waals surface area contributed by atoms with Crippen LogP contribution in [0.5, 0.6) is 5.75 Å². The van der Waals surface area contributed by atoms with E-state index in [9.17, 15) is 13.2 Å². The van der Waals surface area contributed by atoms with Gasteiger partial charge in [-0.05, 0) is 54.7 Å². The fourth-order valence-electron chi connectivity index (χ4n) is 4.64. The summed E-state index contributed by atoms with van der Waals surface area (Å²) < 4.78 is 34.2. The topological polar surface area (TPSA) is 78.3 Å². The second-order valence-corrected chi connectivity index (χ2v) is 13.1. The minimum Gasteiger partial charge on any atom is -0.496 e. The molecule has 0 unspecified atom stereocenters. The second-order valence-electron chi connectivity index (χ2n) is 9.19. The van der Waals surface area contributed by atoms with E-state index in [4.69, 9.17) is 21.4 Å². The number of carbonyl (C=O) groups is 1. The maximum atomic E-state index is 13.1. The first kappa shape index (κ1) is 25.0. The number of carbonyl (C=O) groups excluding carboxylic acids is 1. The van der Waals surface area contributed by atoms with Crippen molar-refractivity contribution < 1.29 is 17.9 Å². The Labute approximate surface area is 219 Å². The number of rotatable bonds is 10. The van der Waals surface area contributed by atoms with Crippen LogP contribution >= 0.6 is 22.9 Å². The van der Waals surface area contributed by atoms with Crippen molar-refractivity contribution in [3.63, 3.8) is 0 Å². The highest BCUT2D eigenvalue weighted by atomic mass is 35.5. The SMILES string of the molecule is COc1cccc2c1c(CS(=O)(=O)c1ccc(Cl)s1)nn2Cc1cccc(CCC(=O)C2CCC2)c1. The number of fused-ring (bicyclic) bond motifs is 1. The van der Waals surface area contributed by atoms with Crippen molar-refractivity contribution >= 4 is 49.5 Å². The van der Waals surface area contributed by atoms with E-state index >= 15 is 0 Å². The first-order valence-electron chi connectivity index (χ1n) is 11.9. The van der Waals surface area contributed by atoms with Crippen LogP contribution in [-0.2, 0) is 33.4 Å². The number of sulfone groups is 1. The minimum atomic E-state index is -3.62. The van der Waals surface area contributed by atoms with Crippen molar-refractivity contribution in [3.05, 3.63) is 75.8 Å². The Morgan fingerprint density at radius 3 is 2.61 bits per heavy atom. The van der Waals surface area contributed by atoms with E-state index in [1.54, 1.807) is 13.2 Å². The molecule has 2 aromatic heterocycles. The van der Waals surface area contributed by atoms with E-state index in [1.165, 1.54) is 12.5 Å². The number of aromatic nitrogens is 2. The molecular weight excluding hydrogens is 516 g/mol. The first-order chi connectivity index (χ1) is 17.3. The van der Waals surface area contributed by atoms with E-state index in [1.807, 2.05) is 41.1 Å². The number of nitrogens with zero attached hydrogens (tertiary/aromatic N) is 2. The average Bonchev–Trinajstić information content (AvgIpc) is 3.41. The summed E-state index contributed by atoms with van der Waals surface area (Å²) in [6.07, 6.45) is 4.53. The lowest BCUT2D eigenvalue weighted by atomic mass is 9.80. The van der Waals surface area contributed by atoms with Gasteiger partial charge in [0.15, 0.2) is 9.84 Å². The van der Waals surface area contributed by atoms with Crippen molar-refractivity contribution in [1.29, 1.82) is 0 Å². The molecule has 1 saturated carbocycles. The average molecular weight is 543 g/mol. The molecule has 5 rings (SSSR count). The fraction of sp³-hybridized carbons (Fsp3) is 0.333. The zero-order chi connectivity index (χ0) is 25.3. The van der Waals surface area contributed by atoms with Gasteiger partial charge in [-0.1, -0.05) is 48.4 Å². The number of hydrogen-bond donors (Lipinski definition) is 0. The highest BCUT2D eigenvalue weighted by Gasteiger charge is 2.25. The molecule has 0 radical (unpaired) electrons. The molecule has 2 heterocycles. The van der Waals surface area contributed by atoms with Crippen LogP contribution < -0.4 is 4.74 Å². The number of aryl methyl sites for hydroxylation is 1. The van der Waals surface area contributed by atoms with Gasteiger partial charge in [0.05, 0.1) is 34.6 Å². The number of ether oxygens (including phenoxy) is 1. The minimum absolute atomic E-state index is 0.217. The number of ketones is 1. The molecule has 0 saturated heterocycles. The van der Waals surface area contributed by atoms with Crippen LogP contribution in [0.2, 0.25) is 4.34 Å². The summed E-state index contributed by atoms with van der Waals surface area (Å²) in [7, 11) is -2.06. The van der Waals surface area contributed by atoms with Gasteiger partial charge in [-0.15, -0.1) is 11.3 Å². The summed E-state index contributed by atoms with van der Waals surface area (Å²) in [5.41, 5.74) is 3.39.